The molecule has 21 heavy (non-hydrogen) atoms. The number of pyridine rings is 1. The van der Waals surface area contributed by atoms with Crippen molar-refractivity contribution in [1.82, 2.24) is 4.98 Å². The van der Waals surface area contributed by atoms with Crippen molar-refractivity contribution in [3.63, 3.8) is 0 Å². The Balaban J connectivity index is 0. The Morgan fingerprint density at radius 3 is 2.43 bits per heavy atom. The second-order valence-corrected chi connectivity index (χ2v) is 4.02. The van der Waals surface area contributed by atoms with Gasteiger partial charge >= 0.3 is 6.18 Å². The minimum absolute atomic E-state index is 0. The molecule has 1 aromatic heterocycles. The molecule has 1 rings (SSSR count). The summed E-state index contributed by atoms with van der Waals surface area (Å²) in [6.07, 6.45) is -0.801. The summed E-state index contributed by atoms with van der Waals surface area (Å²) in [4.78, 5) is 3.88. The molecule has 0 atom stereocenters. The molecule has 0 fully saturated rings. The van der Waals surface area contributed by atoms with Crippen molar-refractivity contribution in [1.29, 1.82) is 5.41 Å². The molecule has 0 radical (unpaired) electrons. The summed E-state index contributed by atoms with van der Waals surface area (Å²) >= 11 is 5.15. The number of rotatable bonds is 4. The Morgan fingerprint density at radius 1 is 1.52 bits per heavy atom. The fourth-order valence-corrected chi connectivity index (χ4v) is 1.07. The Bertz CT molecular complexity index is 438. The van der Waals surface area contributed by atoms with E-state index < -0.39 is 24.3 Å². The number of nitrogens with one attached hydrogen (secondary N) is 1. The molecule has 0 aliphatic carbocycles. The van der Waals surface area contributed by atoms with E-state index in [0.29, 0.717) is 0 Å². The first kappa shape index (κ1) is 22.2. The van der Waals surface area contributed by atoms with Crippen LogP contribution in [0.4, 0.5) is 13.2 Å². The van der Waals surface area contributed by atoms with Crippen molar-refractivity contribution in [2.45, 2.75) is 19.5 Å². The molecule has 118 valence electrons. The average Bonchev–Trinajstić information content (AvgIpc) is 2.34. The van der Waals surface area contributed by atoms with Gasteiger partial charge in [-0.1, -0.05) is 23.4 Å². The predicted molar refractivity (Wildman–Crippen MR) is 73.7 cm³/mol. The second-order valence-electron chi connectivity index (χ2n) is 3.64. The summed E-state index contributed by atoms with van der Waals surface area (Å²) in [6, 6.07) is 3.95. The summed E-state index contributed by atoms with van der Waals surface area (Å²) in [7, 11) is 0. The fraction of sp³-hybridized carbons (Fsp3) is 0.333. The summed E-state index contributed by atoms with van der Waals surface area (Å²) in [5, 5.41) is 9.75. The standard InChI is InChI=1S/C6H8ClF3N3.C6H7N.W/c7-5(12)4(3-11)13-2-1-6(8,9)10;1-6-3-2-4-7-5-6;/h3,12H,1-2,11H2;2-5H,1H3;/q-1;;/b4-3+,12-5?;;. The van der Waals surface area contributed by atoms with E-state index in [1.165, 1.54) is 5.56 Å². The minimum Gasteiger partial charge on any atom is -0.680 e. The van der Waals surface area contributed by atoms with E-state index in [1.807, 2.05) is 25.3 Å². The normalized spacial score (nSPS) is 10.8. The van der Waals surface area contributed by atoms with Gasteiger partial charge in [0.2, 0.25) is 0 Å². The van der Waals surface area contributed by atoms with Crippen LogP contribution in [0.25, 0.3) is 5.32 Å². The number of nitrogens with zero attached hydrogens (tertiary/aromatic N) is 2. The van der Waals surface area contributed by atoms with Crippen molar-refractivity contribution in [3.05, 3.63) is 47.3 Å². The van der Waals surface area contributed by atoms with Crippen molar-refractivity contribution < 1.29 is 34.2 Å². The van der Waals surface area contributed by atoms with E-state index in [0.717, 1.165) is 6.20 Å². The van der Waals surface area contributed by atoms with Gasteiger partial charge in [0.15, 0.2) is 0 Å². The maximum atomic E-state index is 11.6. The zero-order valence-electron chi connectivity index (χ0n) is 11.2. The van der Waals surface area contributed by atoms with E-state index in [9.17, 15) is 13.2 Å². The SMILES string of the molecule is Cc1cccnc1.N=C(Cl)/C(=C\N)[N-]CCC(F)(F)F.[W]. The Hall–Kier alpha value is -1.07. The average molecular weight is 492 g/mol. The molecule has 0 aliphatic rings. The summed E-state index contributed by atoms with van der Waals surface area (Å²) in [5.74, 6) is 0. The van der Waals surface area contributed by atoms with Crippen LogP contribution in [0, 0.1) is 12.3 Å². The van der Waals surface area contributed by atoms with Gasteiger partial charge in [-0.25, -0.2) is 0 Å². The molecule has 3 N–H and O–H groups in total. The van der Waals surface area contributed by atoms with Crippen molar-refractivity contribution in [3.8, 4) is 0 Å². The number of allylic oxidation sites excluding steroid dienone is 1. The van der Waals surface area contributed by atoms with Crippen LogP contribution < -0.4 is 5.73 Å². The van der Waals surface area contributed by atoms with Crippen LogP contribution in [0.2, 0.25) is 0 Å². The molecule has 1 aromatic rings. The van der Waals surface area contributed by atoms with Gasteiger partial charge in [0.25, 0.3) is 0 Å². The van der Waals surface area contributed by atoms with Crippen LogP contribution >= 0.6 is 11.6 Å². The predicted octanol–water partition coefficient (Wildman–Crippen LogP) is 3.72. The molecule has 4 nitrogen and oxygen atoms in total. The molecular formula is C12H15ClF3N4W-. The maximum Gasteiger partial charge on any atom is 0.387 e. The van der Waals surface area contributed by atoms with E-state index in [2.05, 4.69) is 10.3 Å². The van der Waals surface area contributed by atoms with E-state index in [4.69, 9.17) is 22.7 Å². The number of aryl methyl sites for hydroxylation is 1. The second kappa shape index (κ2) is 11.6. The maximum absolute atomic E-state index is 11.6. The first-order valence-corrected chi connectivity index (χ1v) is 5.91. The smallest absolute Gasteiger partial charge is 0.387 e. The van der Waals surface area contributed by atoms with Gasteiger partial charge < -0.3 is 11.1 Å². The number of hydrogen-bond donors (Lipinski definition) is 2. The molecule has 0 saturated carbocycles. The van der Waals surface area contributed by atoms with Crippen LogP contribution in [0.1, 0.15) is 12.0 Å². The number of nitrogens with two attached hydrogens (primary N) is 1. The Labute approximate surface area is 140 Å². The number of aromatic nitrogens is 1. The van der Waals surface area contributed by atoms with Gasteiger partial charge in [0, 0.05) is 39.9 Å². The van der Waals surface area contributed by atoms with Gasteiger partial charge in [-0.3, -0.25) is 10.4 Å². The first-order chi connectivity index (χ1) is 9.26. The molecule has 1 heterocycles. The molecule has 0 bridgehead atoms. The summed E-state index contributed by atoms with van der Waals surface area (Å²) in [5.41, 5.74) is 6.04. The van der Waals surface area contributed by atoms with E-state index >= 15 is 0 Å². The number of halogens is 4. The molecule has 0 aromatic carbocycles. The van der Waals surface area contributed by atoms with Crippen molar-refractivity contribution in [2.24, 2.45) is 5.73 Å². The van der Waals surface area contributed by atoms with Gasteiger partial charge in [-0.2, -0.15) is 13.2 Å². The van der Waals surface area contributed by atoms with Crippen LogP contribution in [0.3, 0.4) is 0 Å². The summed E-state index contributed by atoms with van der Waals surface area (Å²) in [6.45, 7) is 1.55. The van der Waals surface area contributed by atoms with Gasteiger partial charge in [-0.15, -0.1) is 6.54 Å². The van der Waals surface area contributed by atoms with Crippen LogP contribution in [0.5, 0.6) is 0 Å². The quantitative estimate of drug-likeness (QED) is 0.630. The minimum atomic E-state index is -4.25. The summed E-state index contributed by atoms with van der Waals surface area (Å²) < 4.78 is 34.8. The molecular weight excluding hydrogens is 476 g/mol. The van der Waals surface area contributed by atoms with Crippen LogP contribution in [-0.2, 0) is 21.1 Å². The van der Waals surface area contributed by atoms with E-state index in [-0.39, 0.29) is 26.8 Å². The zero-order valence-corrected chi connectivity index (χ0v) is 14.9. The largest absolute Gasteiger partial charge is 0.680 e. The topological polar surface area (TPSA) is 76.9 Å². The third-order valence-corrected chi connectivity index (χ3v) is 2.06. The monoisotopic (exact) mass is 491 g/mol. The molecule has 0 spiro atoms. The van der Waals surface area contributed by atoms with E-state index in [1.54, 1.807) is 6.20 Å². The zero-order chi connectivity index (χ0) is 15.6. The molecule has 9 heteroatoms. The molecule has 0 unspecified atom stereocenters. The van der Waals surface area contributed by atoms with Crippen molar-refractivity contribution in [2.75, 3.05) is 6.54 Å². The molecule has 0 saturated heterocycles. The Kier molecular flexibility index (Phi) is 12.2. The third-order valence-electron chi connectivity index (χ3n) is 1.87. The van der Waals surface area contributed by atoms with Crippen LogP contribution in [-0.4, -0.2) is 22.9 Å². The third kappa shape index (κ3) is 13.7. The van der Waals surface area contributed by atoms with Crippen LogP contribution in [0.15, 0.2) is 36.4 Å². The van der Waals surface area contributed by atoms with Gasteiger partial charge in [0.1, 0.15) is 5.17 Å². The molecule has 0 amide bonds. The van der Waals surface area contributed by atoms with Gasteiger partial charge in [0.05, 0.1) is 0 Å². The molecule has 0 aliphatic heterocycles. The Morgan fingerprint density at radius 2 is 2.14 bits per heavy atom. The van der Waals surface area contributed by atoms with Crippen molar-refractivity contribution >= 4 is 16.8 Å². The fourth-order valence-electron chi connectivity index (χ4n) is 0.947. The first-order valence-electron chi connectivity index (χ1n) is 5.53. The number of hydrogen-bond acceptors (Lipinski definition) is 3. The number of alkyl halides is 3. The van der Waals surface area contributed by atoms with Gasteiger partial charge in [-0.05, 0) is 24.8 Å².